The maximum atomic E-state index is 12.5. The molecular formula is C18H22ClNO4. The average Bonchev–Trinajstić information content (AvgIpc) is 3.04. The quantitative estimate of drug-likeness (QED) is 0.772. The zero-order valence-corrected chi connectivity index (χ0v) is 14.3. The topological polar surface area (TPSA) is 75.6 Å². The number of aliphatic hydroxyl groups excluding tert-OH is 1. The summed E-state index contributed by atoms with van der Waals surface area (Å²) in [6, 6.07) is 6.40. The molecule has 2 fully saturated rings. The molecule has 6 heteroatoms. The van der Waals surface area contributed by atoms with Crippen LogP contribution < -0.4 is 5.32 Å². The molecule has 5 nitrogen and oxygen atoms in total. The van der Waals surface area contributed by atoms with Crippen molar-refractivity contribution in [2.24, 2.45) is 17.8 Å². The molecule has 1 unspecified atom stereocenters. The predicted molar refractivity (Wildman–Crippen MR) is 89.7 cm³/mol. The van der Waals surface area contributed by atoms with Gasteiger partial charge in [0.2, 0.25) is 0 Å². The molecule has 0 saturated heterocycles. The van der Waals surface area contributed by atoms with Crippen molar-refractivity contribution >= 4 is 23.5 Å². The van der Waals surface area contributed by atoms with E-state index in [9.17, 15) is 14.7 Å². The number of esters is 1. The minimum absolute atomic E-state index is 0.168. The van der Waals surface area contributed by atoms with Crippen molar-refractivity contribution in [2.45, 2.75) is 38.3 Å². The number of hydrogen-bond acceptors (Lipinski definition) is 4. The van der Waals surface area contributed by atoms with E-state index in [2.05, 4.69) is 5.32 Å². The highest BCUT2D eigenvalue weighted by atomic mass is 35.5. The number of amides is 1. The zero-order valence-electron chi connectivity index (χ0n) is 13.6. The summed E-state index contributed by atoms with van der Waals surface area (Å²) in [6.07, 6.45) is 1.43. The fourth-order valence-corrected chi connectivity index (χ4v) is 4.12. The van der Waals surface area contributed by atoms with E-state index in [4.69, 9.17) is 16.3 Å². The van der Waals surface area contributed by atoms with Crippen LogP contribution in [0.25, 0.3) is 0 Å². The van der Waals surface area contributed by atoms with Crippen LogP contribution in [0.5, 0.6) is 0 Å². The molecular weight excluding hydrogens is 330 g/mol. The molecule has 2 aliphatic carbocycles. The molecule has 1 aromatic rings. The molecule has 2 aliphatic rings. The first-order chi connectivity index (χ1) is 11.5. The third-order valence-corrected chi connectivity index (χ3v) is 5.32. The van der Waals surface area contributed by atoms with Gasteiger partial charge in [-0.1, -0.05) is 11.6 Å². The molecule has 1 amide bonds. The largest absolute Gasteiger partial charge is 0.466 e. The maximum Gasteiger partial charge on any atom is 0.307 e. The van der Waals surface area contributed by atoms with Crippen molar-refractivity contribution in [3.05, 3.63) is 34.9 Å². The Kier molecular flexibility index (Phi) is 5.11. The highest BCUT2D eigenvalue weighted by Gasteiger charge is 2.59. The van der Waals surface area contributed by atoms with E-state index in [1.54, 1.807) is 31.2 Å². The molecule has 5 atom stereocenters. The average molecular weight is 352 g/mol. The highest BCUT2D eigenvalue weighted by Crippen LogP contribution is 2.59. The van der Waals surface area contributed by atoms with E-state index in [0.717, 1.165) is 12.8 Å². The van der Waals surface area contributed by atoms with Crippen molar-refractivity contribution in [2.75, 3.05) is 6.61 Å². The number of benzene rings is 1. The lowest BCUT2D eigenvalue weighted by Crippen LogP contribution is -2.40. The maximum absolute atomic E-state index is 12.5. The highest BCUT2D eigenvalue weighted by molar-refractivity contribution is 6.30. The zero-order chi connectivity index (χ0) is 17.3. The summed E-state index contributed by atoms with van der Waals surface area (Å²) in [4.78, 5) is 24.4. The normalized spacial score (nSPS) is 28.8. The lowest BCUT2D eigenvalue weighted by molar-refractivity contribution is -0.143. The second-order valence-electron chi connectivity index (χ2n) is 6.63. The third kappa shape index (κ3) is 3.73. The SMILES string of the molecule is CCOC(=O)CC(NC(=O)c1ccc(Cl)cc1)[C@H]1[C@@H]2C[C@H](O)C[C@@H]21. The molecule has 2 saturated carbocycles. The Morgan fingerprint density at radius 1 is 1.29 bits per heavy atom. The number of carbonyl (C=O) groups is 2. The Morgan fingerprint density at radius 3 is 2.50 bits per heavy atom. The Hall–Kier alpha value is -1.59. The van der Waals surface area contributed by atoms with Gasteiger partial charge in [-0.3, -0.25) is 9.59 Å². The van der Waals surface area contributed by atoms with Gasteiger partial charge in [0.1, 0.15) is 0 Å². The summed E-state index contributed by atoms with van der Waals surface area (Å²) in [5.41, 5.74) is 0.513. The summed E-state index contributed by atoms with van der Waals surface area (Å²) in [5, 5.41) is 13.2. The van der Waals surface area contributed by atoms with Gasteiger partial charge in [0.05, 0.1) is 19.1 Å². The van der Waals surface area contributed by atoms with Gasteiger partial charge in [0, 0.05) is 16.6 Å². The molecule has 0 heterocycles. The molecule has 0 radical (unpaired) electrons. The van der Waals surface area contributed by atoms with E-state index < -0.39 is 0 Å². The van der Waals surface area contributed by atoms with Crippen LogP contribution in [0.1, 0.15) is 36.5 Å². The van der Waals surface area contributed by atoms with Gasteiger partial charge in [-0.25, -0.2) is 0 Å². The second kappa shape index (κ2) is 7.11. The van der Waals surface area contributed by atoms with E-state index >= 15 is 0 Å². The Labute approximate surface area is 146 Å². The van der Waals surface area contributed by atoms with Gasteiger partial charge in [-0.15, -0.1) is 0 Å². The Balaban J connectivity index is 1.67. The smallest absolute Gasteiger partial charge is 0.307 e. The molecule has 1 aromatic carbocycles. The number of carbonyl (C=O) groups excluding carboxylic acids is 2. The fourth-order valence-electron chi connectivity index (χ4n) is 4.00. The van der Waals surface area contributed by atoms with Crippen LogP contribution in [0.3, 0.4) is 0 Å². The van der Waals surface area contributed by atoms with Crippen molar-refractivity contribution in [3.8, 4) is 0 Å². The van der Waals surface area contributed by atoms with Gasteiger partial charge in [-0.05, 0) is 61.8 Å². The number of fused-ring (bicyclic) bond motifs is 1. The van der Waals surface area contributed by atoms with Crippen LogP contribution in [-0.2, 0) is 9.53 Å². The Bertz CT molecular complexity index is 606. The summed E-state index contributed by atoms with van der Waals surface area (Å²) in [5.74, 6) is 0.514. The van der Waals surface area contributed by atoms with E-state index in [-0.39, 0.29) is 36.4 Å². The first-order valence-electron chi connectivity index (χ1n) is 8.39. The number of halogens is 1. The summed E-state index contributed by atoms with van der Waals surface area (Å²) >= 11 is 5.85. The Morgan fingerprint density at radius 2 is 1.92 bits per heavy atom. The van der Waals surface area contributed by atoms with Crippen LogP contribution in [0, 0.1) is 17.8 Å². The van der Waals surface area contributed by atoms with Gasteiger partial charge < -0.3 is 15.2 Å². The number of hydrogen-bond donors (Lipinski definition) is 2. The summed E-state index contributed by atoms with van der Waals surface area (Å²) in [7, 11) is 0. The van der Waals surface area contributed by atoms with Crippen LogP contribution in [0.15, 0.2) is 24.3 Å². The fraction of sp³-hybridized carbons (Fsp3) is 0.556. The van der Waals surface area contributed by atoms with Gasteiger partial charge in [0.15, 0.2) is 0 Å². The molecule has 2 N–H and O–H groups in total. The molecule has 0 aromatic heterocycles. The first kappa shape index (κ1) is 17.2. The van der Waals surface area contributed by atoms with Crippen LogP contribution >= 0.6 is 11.6 Å². The molecule has 0 aliphatic heterocycles. The van der Waals surface area contributed by atoms with Crippen molar-refractivity contribution < 1.29 is 19.4 Å². The van der Waals surface area contributed by atoms with Crippen LogP contribution in [0.4, 0.5) is 0 Å². The molecule has 3 rings (SSSR count). The van der Waals surface area contributed by atoms with Crippen molar-refractivity contribution in [1.82, 2.24) is 5.32 Å². The molecule has 24 heavy (non-hydrogen) atoms. The van der Waals surface area contributed by atoms with Crippen LogP contribution in [0.2, 0.25) is 5.02 Å². The number of rotatable bonds is 6. The second-order valence-corrected chi connectivity index (χ2v) is 7.06. The standard InChI is InChI=1S/C18H22ClNO4/c1-2-24-16(22)9-15(17-13-7-12(21)8-14(13)17)20-18(23)10-3-5-11(19)6-4-10/h3-6,12-15,17,21H,2,7-9H2,1H3,(H,20,23)/t12-,13+,14-,15?,17-. The molecule has 0 bridgehead atoms. The number of aliphatic hydroxyl groups is 1. The summed E-state index contributed by atoms with van der Waals surface area (Å²) < 4.78 is 5.04. The van der Waals surface area contributed by atoms with Gasteiger partial charge >= 0.3 is 5.97 Å². The molecule has 0 spiro atoms. The third-order valence-electron chi connectivity index (χ3n) is 5.07. The van der Waals surface area contributed by atoms with Crippen molar-refractivity contribution in [1.29, 1.82) is 0 Å². The minimum Gasteiger partial charge on any atom is -0.466 e. The summed E-state index contributed by atoms with van der Waals surface area (Å²) in [6.45, 7) is 2.09. The van der Waals surface area contributed by atoms with Gasteiger partial charge in [-0.2, -0.15) is 0 Å². The van der Waals surface area contributed by atoms with E-state index in [1.165, 1.54) is 0 Å². The predicted octanol–water partition coefficient (Wildman–Crippen LogP) is 2.41. The van der Waals surface area contributed by atoms with E-state index in [0.29, 0.717) is 29.0 Å². The number of nitrogens with one attached hydrogen (secondary N) is 1. The monoisotopic (exact) mass is 351 g/mol. The van der Waals surface area contributed by atoms with Crippen LogP contribution in [-0.4, -0.2) is 35.7 Å². The lowest BCUT2D eigenvalue weighted by atomic mass is 9.99. The minimum atomic E-state index is -0.301. The van der Waals surface area contributed by atoms with Gasteiger partial charge in [0.25, 0.3) is 5.91 Å². The van der Waals surface area contributed by atoms with E-state index in [1.807, 2.05) is 0 Å². The first-order valence-corrected chi connectivity index (χ1v) is 8.77. The lowest BCUT2D eigenvalue weighted by Gasteiger charge is -2.21. The van der Waals surface area contributed by atoms with Crippen molar-refractivity contribution in [3.63, 3.8) is 0 Å². The number of ether oxygens (including phenoxy) is 1. The molecule has 130 valence electrons.